The van der Waals surface area contributed by atoms with E-state index in [0.717, 1.165) is 43.9 Å². The van der Waals surface area contributed by atoms with Crippen LogP contribution in [-0.4, -0.2) is 38.9 Å². The monoisotopic (exact) mass is 300 g/mol. The lowest BCUT2D eigenvalue weighted by atomic mass is 9.89. The van der Waals surface area contributed by atoms with Gasteiger partial charge < -0.3 is 14.5 Å². The molecule has 1 aliphatic carbocycles. The van der Waals surface area contributed by atoms with E-state index in [4.69, 9.17) is 4.52 Å². The summed E-state index contributed by atoms with van der Waals surface area (Å²) in [4.78, 5) is 10.9. The van der Waals surface area contributed by atoms with Crippen LogP contribution in [0, 0.1) is 0 Å². The summed E-state index contributed by atoms with van der Waals surface area (Å²) < 4.78 is 5.32. The maximum atomic E-state index is 10.9. The molecule has 0 bridgehead atoms. The van der Waals surface area contributed by atoms with Gasteiger partial charge in [0.1, 0.15) is 5.82 Å². The molecular formula is C16H20N4O2. The van der Waals surface area contributed by atoms with Gasteiger partial charge in [-0.05, 0) is 37.8 Å². The van der Waals surface area contributed by atoms with Crippen molar-refractivity contribution in [3.05, 3.63) is 36.1 Å². The van der Waals surface area contributed by atoms with Crippen LogP contribution in [0.3, 0.4) is 0 Å². The molecule has 0 amide bonds. The summed E-state index contributed by atoms with van der Waals surface area (Å²) in [5.74, 6) is 2.73. The minimum absolute atomic E-state index is 0.413. The largest absolute Gasteiger partial charge is 0.388 e. The number of β-amino-alcohol motifs (C(OH)–C–C–N with tert-alkyl or cyclic N) is 1. The van der Waals surface area contributed by atoms with E-state index in [1.807, 2.05) is 18.2 Å². The second-order valence-electron chi connectivity index (χ2n) is 6.43. The van der Waals surface area contributed by atoms with Gasteiger partial charge in [0.05, 0.1) is 12.0 Å². The van der Waals surface area contributed by atoms with Crippen molar-refractivity contribution in [3.8, 4) is 0 Å². The maximum Gasteiger partial charge on any atom is 0.229 e. The zero-order valence-electron chi connectivity index (χ0n) is 12.5. The summed E-state index contributed by atoms with van der Waals surface area (Å²) in [5, 5.41) is 15.0. The van der Waals surface area contributed by atoms with Gasteiger partial charge in [0.2, 0.25) is 5.89 Å². The average Bonchev–Trinajstić information content (AvgIpc) is 3.29. The summed E-state index contributed by atoms with van der Waals surface area (Å²) in [5.41, 5.74) is -0.830. The van der Waals surface area contributed by atoms with Gasteiger partial charge in [-0.15, -0.1) is 0 Å². The number of hydrogen-bond donors (Lipinski definition) is 1. The summed E-state index contributed by atoms with van der Waals surface area (Å²) in [6.45, 7) is 1.46. The highest BCUT2D eigenvalue weighted by atomic mass is 16.5. The third kappa shape index (κ3) is 2.83. The van der Waals surface area contributed by atoms with E-state index >= 15 is 0 Å². The molecule has 116 valence electrons. The lowest BCUT2D eigenvalue weighted by Gasteiger charge is -2.39. The van der Waals surface area contributed by atoms with Gasteiger partial charge in [-0.25, -0.2) is 4.98 Å². The lowest BCUT2D eigenvalue weighted by Crippen LogP contribution is -2.49. The fourth-order valence-electron chi connectivity index (χ4n) is 3.12. The number of aliphatic hydroxyl groups is 1. The van der Waals surface area contributed by atoms with Crippen LogP contribution < -0.4 is 4.90 Å². The van der Waals surface area contributed by atoms with Crippen molar-refractivity contribution in [2.24, 2.45) is 0 Å². The van der Waals surface area contributed by atoms with E-state index in [9.17, 15) is 5.11 Å². The minimum atomic E-state index is -0.830. The van der Waals surface area contributed by atoms with Crippen LogP contribution in [0.1, 0.15) is 43.3 Å². The molecule has 2 aromatic rings. The lowest BCUT2D eigenvalue weighted by molar-refractivity contribution is 0.0191. The van der Waals surface area contributed by atoms with Crippen molar-refractivity contribution < 1.29 is 9.63 Å². The van der Waals surface area contributed by atoms with Crippen molar-refractivity contribution in [3.63, 3.8) is 0 Å². The quantitative estimate of drug-likeness (QED) is 0.929. The molecule has 1 aliphatic heterocycles. The van der Waals surface area contributed by atoms with Gasteiger partial charge in [0, 0.05) is 25.2 Å². The molecule has 0 aromatic carbocycles. The fourth-order valence-corrected chi connectivity index (χ4v) is 3.12. The zero-order chi connectivity index (χ0) is 15.0. The third-order valence-electron chi connectivity index (χ3n) is 4.44. The van der Waals surface area contributed by atoms with Crippen LogP contribution in [0.2, 0.25) is 0 Å². The van der Waals surface area contributed by atoms with Crippen molar-refractivity contribution in [1.29, 1.82) is 0 Å². The second kappa shape index (κ2) is 5.35. The Kier molecular flexibility index (Phi) is 3.33. The molecule has 1 saturated carbocycles. The number of aromatic nitrogens is 3. The number of anilines is 1. The molecule has 0 radical (unpaired) electrons. The number of nitrogens with zero attached hydrogens (tertiary/aromatic N) is 4. The summed E-state index contributed by atoms with van der Waals surface area (Å²) in [7, 11) is 0. The molecule has 6 heteroatoms. The fraction of sp³-hybridized carbons (Fsp3) is 0.562. The first-order chi connectivity index (χ1) is 10.7. The van der Waals surface area contributed by atoms with Gasteiger partial charge >= 0.3 is 0 Å². The predicted molar refractivity (Wildman–Crippen MR) is 80.6 cm³/mol. The Labute approximate surface area is 129 Å². The van der Waals surface area contributed by atoms with Crippen LogP contribution in [-0.2, 0) is 6.42 Å². The molecule has 4 rings (SSSR count). The van der Waals surface area contributed by atoms with E-state index in [-0.39, 0.29) is 0 Å². The average molecular weight is 300 g/mol. The number of rotatable bonds is 4. The van der Waals surface area contributed by atoms with Crippen LogP contribution >= 0.6 is 0 Å². The first-order valence-corrected chi connectivity index (χ1v) is 7.93. The van der Waals surface area contributed by atoms with Gasteiger partial charge in [0.15, 0.2) is 5.82 Å². The maximum absolute atomic E-state index is 10.9. The Bertz CT molecular complexity index is 641. The smallest absolute Gasteiger partial charge is 0.229 e. The normalized spacial score (nSPS) is 25.4. The predicted octanol–water partition coefficient (Wildman–Crippen LogP) is 1.92. The summed E-state index contributed by atoms with van der Waals surface area (Å²) in [6.07, 6.45) is 6.17. The molecule has 1 N–H and O–H groups in total. The van der Waals surface area contributed by atoms with E-state index in [1.54, 1.807) is 6.20 Å². The Hall–Kier alpha value is -1.95. The molecule has 22 heavy (non-hydrogen) atoms. The first kappa shape index (κ1) is 13.7. The Balaban J connectivity index is 1.47. The van der Waals surface area contributed by atoms with E-state index in [1.165, 1.54) is 0 Å². The molecule has 2 aromatic heterocycles. The first-order valence-electron chi connectivity index (χ1n) is 7.93. The third-order valence-corrected chi connectivity index (χ3v) is 4.44. The molecule has 3 heterocycles. The van der Waals surface area contributed by atoms with Crippen molar-refractivity contribution >= 4 is 5.82 Å². The van der Waals surface area contributed by atoms with E-state index in [0.29, 0.717) is 24.8 Å². The Morgan fingerprint density at radius 1 is 1.36 bits per heavy atom. The second-order valence-corrected chi connectivity index (χ2v) is 6.43. The topological polar surface area (TPSA) is 75.3 Å². The SMILES string of the molecule is OC1(Cc2nc(C3CC3)no2)CCCN(c2ccccn2)C1. The molecule has 0 spiro atoms. The molecule has 2 fully saturated rings. The van der Waals surface area contributed by atoms with Crippen molar-refractivity contribution in [2.45, 2.75) is 43.6 Å². The Morgan fingerprint density at radius 2 is 2.27 bits per heavy atom. The molecule has 1 atom stereocenters. The highest BCUT2D eigenvalue weighted by molar-refractivity contribution is 5.39. The molecule has 1 unspecified atom stereocenters. The molecule has 6 nitrogen and oxygen atoms in total. The molecule has 2 aliphatic rings. The summed E-state index contributed by atoms with van der Waals surface area (Å²) >= 11 is 0. The summed E-state index contributed by atoms with van der Waals surface area (Å²) in [6, 6.07) is 5.84. The van der Waals surface area contributed by atoms with Gasteiger partial charge in [-0.1, -0.05) is 11.2 Å². The van der Waals surface area contributed by atoms with Crippen LogP contribution in [0.15, 0.2) is 28.9 Å². The Morgan fingerprint density at radius 3 is 3.05 bits per heavy atom. The van der Waals surface area contributed by atoms with Crippen molar-refractivity contribution in [2.75, 3.05) is 18.0 Å². The van der Waals surface area contributed by atoms with Gasteiger partial charge in [-0.2, -0.15) is 4.98 Å². The van der Waals surface area contributed by atoms with Crippen molar-refractivity contribution in [1.82, 2.24) is 15.1 Å². The molecular weight excluding hydrogens is 280 g/mol. The van der Waals surface area contributed by atoms with Gasteiger partial charge in [-0.3, -0.25) is 0 Å². The minimum Gasteiger partial charge on any atom is -0.388 e. The van der Waals surface area contributed by atoms with E-state index < -0.39 is 5.60 Å². The number of hydrogen-bond acceptors (Lipinski definition) is 6. The van der Waals surface area contributed by atoms with Crippen LogP contribution in [0.25, 0.3) is 0 Å². The van der Waals surface area contributed by atoms with Gasteiger partial charge in [0.25, 0.3) is 0 Å². The standard InChI is InChI=1S/C16H20N4O2/c21-16(10-14-18-15(19-22-14)12-5-6-12)7-3-9-20(11-16)13-4-1-2-8-17-13/h1-2,4,8,12,21H,3,5-7,9-11H2. The van der Waals surface area contributed by atoms with E-state index in [2.05, 4.69) is 20.0 Å². The van der Waals surface area contributed by atoms with Crippen LogP contribution in [0.4, 0.5) is 5.82 Å². The zero-order valence-corrected chi connectivity index (χ0v) is 12.5. The van der Waals surface area contributed by atoms with Crippen LogP contribution in [0.5, 0.6) is 0 Å². The highest BCUT2D eigenvalue weighted by Crippen LogP contribution is 2.38. The molecule has 1 saturated heterocycles. The number of piperidine rings is 1. The highest BCUT2D eigenvalue weighted by Gasteiger charge is 2.36. The number of pyridine rings is 1.